The number of ether oxygens (including phenoxy) is 1. The molecule has 6 heteroatoms. The first-order chi connectivity index (χ1) is 17.8. The van der Waals surface area contributed by atoms with Crippen LogP contribution in [0.1, 0.15) is 49.1 Å². The number of ketones is 1. The summed E-state index contributed by atoms with van der Waals surface area (Å²) in [5.41, 5.74) is 4.91. The number of carbonyl (C=O) groups excluding carboxylic acids is 2. The summed E-state index contributed by atoms with van der Waals surface area (Å²) in [7, 11) is 1.58. The fourth-order valence-electron chi connectivity index (χ4n) is 4.94. The zero-order valence-corrected chi connectivity index (χ0v) is 22.1. The van der Waals surface area contributed by atoms with E-state index >= 15 is 0 Å². The van der Waals surface area contributed by atoms with Crippen LogP contribution < -0.4 is 14.5 Å². The molecule has 0 aliphatic carbocycles. The molecule has 1 heterocycles. The number of nitrogens with zero attached hydrogens (tertiary/aromatic N) is 2. The summed E-state index contributed by atoms with van der Waals surface area (Å²) in [6.45, 7) is 9.87. The maximum absolute atomic E-state index is 13.4. The lowest BCUT2D eigenvalue weighted by molar-refractivity contribution is -0.132. The number of carbonyl (C=O) groups is 2. The molecule has 1 saturated heterocycles. The molecule has 0 saturated carbocycles. The van der Waals surface area contributed by atoms with Gasteiger partial charge in [0.25, 0.3) is 11.7 Å². The lowest BCUT2D eigenvalue weighted by Gasteiger charge is -2.27. The van der Waals surface area contributed by atoms with Gasteiger partial charge in [-0.05, 0) is 86.3 Å². The van der Waals surface area contributed by atoms with E-state index < -0.39 is 17.7 Å². The van der Waals surface area contributed by atoms with Crippen molar-refractivity contribution >= 4 is 28.8 Å². The van der Waals surface area contributed by atoms with Gasteiger partial charge in [-0.1, -0.05) is 31.2 Å². The van der Waals surface area contributed by atoms with E-state index in [0.29, 0.717) is 17.0 Å². The van der Waals surface area contributed by atoms with Crippen LogP contribution in [0.5, 0.6) is 5.75 Å². The van der Waals surface area contributed by atoms with Crippen LogP contribution in [-0.4, -0.2) is 37.0 Å². The quantitative estimate of drug-likeness (QED) is 0.233. The summed E-state index contributed by atoms with van der Waals surface area (Å²) < 4.78 is 5.35. The third-order valence-corrected chi connectivity index (χ3v) is 7.07. The number of aryl methyl sites for hydroxylation is 2. The third kappa shape index (κ3) is 4.84. The van der Waals surface area contributed by atoms with E-state index in [4.69, 9.17) is 4.74 Å². The first-order valence-corrected chi connectivity index (χ1v) is 12.7. The predicted octanol–water partition coefficient (Wildman–Crippen LogP) is 6.04. The van der Waals surface area contributed by atoms with Gasteiger partial charge in [0.05, 0.1) is 18.7 Å². The smallest absolute Gasteiger partial charge is 0.300 e. The van der Waals surface area contributed by atoms with Crippen LogP contribution in [0, 0.1) is 6.92 Å². The molecule has 1 N–H and O–H groups in total. The van der Waals surface area contributed by atoms with Gasteiger partial charge in [0.1, 0.15) is 11.5 Å². The molecular formula is C31H34N2O4. The van der Waals surface area contributed by atoms with E-state index in [1.807, 2.05) is 55.5 Å². The Labute approximate surface area is 218 Å². The zero-order chi connectivity index (χ0) is 26.7. The SMILES string of the molecule is CCc1ccc(N2C(=O)C(=O)/C(=C(\O)c3ccc(OC)c(C)c3)C2c2ccc(N(CC)CC)cc2)cc1. The van der Waals surface area contributed by atoms with Gasteiger partial charge in [0, 0.05) is 30.0 Å². The molecule has 3 aromatic carbocycles. The second kappa shape index (κ2) is 10.9. The van der Waals surface area contributed by atoms with E-state index in [2.05, 4.69) is 25.7 Å². The second-order valence-corrected chi connectivity index (χ2v) is 9.14. The van der Waals surface area contributed by atoms with Crippen molar-refractivity contribution < 1.29 is 19.4 Å². The third-order valence-electron chi connectivity index (χ3n) is 7.07. The average Bonchev–Trinajstić information content (AvgIpc) is 3.19. The number of hydrogen-bond acceptors (Lipinski definition) is 5. The number of Topliss-reactive ketones (excluding diaryl/α,β-unsaturated/α-hetero) is 1. The first-order valence-electron chi connectivity index (χ1n) is 12.7. The van der Waals surface area contributed by atoms with Crippen molar-refractivity contribution in [3.63, 3.8) is 0 Å². The zero-order valence-electron chi connectivity index (χ0n) is 22.1. The molecular weight excluding hydrogens is 464 g/mol. The van der Waals surface area contributed by atoms with Gasteiger partial charge in [0.15, 0.2) is 0 Å². The van der Waals surface area contributed by atoms with Crippen molar-refractivity contribution in [2.45, 2.75) is 40.2 Å². The van der Waals surface area contributed by atoms with Gasteiger partial charge in [-0.2, -0.15) is 0 Å². The number of aliphatic hydroxyl groups is 1. The standard InChI is InChI=1S/C31H34N2O4/c1-6-21-9-14-25(15-10-21)33-28(22-11-16-24(17-12-22)32(7-2)8-3)27(30(35)31(33)36)29(34)23-13-18-26(37-5)20(4)19-23/h9-19,28,34H,6-8H2,1-5H3/b29-27-. The Bertz CT molecular complexity index is 1320. The summed E-state index contributed by atoms with van der Waals surface area (Å²) in [6.07, 6.45) is 0.867. The molecule has 0 aromatic heterocycles. The maximum Gasteiger partial charge on any atom is 0.300 e. The summed E-state index contributed by atoms with van der Waals surface area (Å²) >= 11 is 0. The summed E-state index contributed by atoms with van der Waals surface area (Å²) in [6, 6.07) is 20.0. The first kappa shape index (κ1) is 26.0. The fourth-order valence-corrected chi connectivity index (χ4v) is 4.94. The molecule has 1 aliphatic heterocycles. The second-order valence-electron chi connectivity index (χ2n) is 9.14. The Morgan fingerprint density at radius 3 is 2.14 bits per heavy atom. The molecule has 1 unspecified atom stereocenters. The van der Waals surface area contributed by atoms with Gasteiger partial charge >= 0.3 is 0 Å². The highest BCUT2D eigenvalue weighted by atomic mass is 16.5. The lowest BCUT2D eigenvalue weighted by Crippen LogP contribution is -2.29. The molecule has 0 spiro atoms. The number of aliphatic hydroxyl groups excluding tert-OH is 1. The average molecular weight is 499 g/mol. The highest BCUT2D eigenvalue weighted by Gasteiger charge is 2.47. The number of rotatable bonds is 8. The number of benzene rings is 3. The predicted molar refractivity (Wildman–Crippen MR) is 148 cm³/mol. The highest BCUT2D eigenvalue weighted by Crippen LogP contribution is 2.43. The number of methoxy groups -OCH3 is 1. The topological polar surface area (TPSA) is 70.1 Å². The summed E-state index contributed by atoms with van der Waals surface area (Å²) in [5.74, 6) is -0.886. The highest BCUT2D eigenvalue weighted by molar-refractivity contribution is 6.51. The lowest BCUT2D eigenvalue weighted by atomic mass is 9.94. The van der Waals surface area contributed by atoms with Crippen LogP contribution in [0.25, 0.3) is 5.76 Å². The summed E-state index contributed by atoms with van der Waals surface area (Å²) in [4.78, 5) is 30.6. The van der Waals surface area contributed by atoms with Crippen molar-refractivity contribution in [3.05, 3.63) is 94.6 Å². The molecule has 37 heavy (non-hydrogen) atoms. The molecule has 0 radical (unpaired) electrons. The molecule has 1 aliphatic rings. The Morgan fingerprint density at radius 1 is 0.946 bits per heavy atom. The van der Waals surface area contributed by atoms with Crippen molar-refractivity contribution in [1.29, 1.82) is 0 Å². The van der Waals surface area contributed by atoms with Crippen molar-refractivity contribution in [2.24, 2.45) is 0 Å². The van der Waals surface area contributed by atoms with E-state index in [1.54, 1.807) is 25.3 Å². The number of amides is 1. The van der Waals surface area contributed by atoms with Crippen molar-refractivity contribution in [2.75, 3.05) is 30.0 Å². The molecule has 3 aromatic rings. The van der Waals surface area contributed by atoms with Gasteiger partial charge in [-0.3, -0.25) is 14.5 Å². The Kier molecular flexibility index (Phi) is 7.67. The molecule has 1 atom stereocenters. The molecule has 6 nitrogen and oxygen atoms in total. The maximum atomic E-state index is 13.4. The van der Waals surface area contributed by atoms with Crippen molar-refractivity contribution in [3.8, 4) is 5.75 Å². The van der Waals surface area contributed by atoms with E-state index in [0.717, 1.165) is 41.9 Å². The minimum atomic E-state index is -0.763. The Balaban J connectivity index is 1.89. The number of anilines is 2. The molecule has 0 bridgehead atoms. The minimum absolute atomic E-state index is 0.0738. The molecule has 4 rings (SSSR count). The molecule has 1 amide bonds. The number of hydrogen-bond donors (Lipinski definition) is 1. The van der Waals surface area contributed by atoms with Crippen LogP contribution in [-0.2, 0) is 16.0 Å². The van der Waals surface area contributed by atoms with Crippen LogP contribution in [0.2, 0.25) is 0 Å². The van der Waals surface area contributed by atoms with Gasteiger partial charge in [-0.15, -0.1) is 0 Å². The monoisotopic (exact) mass is 498 g/mol. The van der Waals surface area contributed by atoms with Gasteiger partial charge in [0.2, 0.25) is 0 Å². The summed E-state index contributed by atoms with van der Waals surface area (Å²) in [5, 5.41) is 11.4. The minimum Gasteiger partial charge on any atom is -0.507 e. The van der Waals surface area contributed by atoms with E-state index in [1.165, 1.54) is 4.90 Å². The Hall–Kier alpha value is -4.06. The largest absolute Gasteiger partial charge is 0.507 e. The van der Waals surface area contributed by atoms with Gasteiger partial charge in [-0.25, -0.2) is 0 Å². The molecule has 192 valence electrons. The van der Waals surface area contributed by atoms with E-state index in [-0.39, 0.29) is 11.3 Å². The normalized spacial score (nSPS) is 16.8. The van der Waals surface area contributed by atoms with Gasteiger partial charge < -0.3 is 14.7 Å². The van der Waals surface area contributed by atoms with Crippen LogP contribution in [0.3, 0.4) is 0 Å². The van der Waals surface area contributed by atoms with Crippen molar-refractivity contribution in [1.82, 2.24) is 0 Å². The van der Waals surface area contributed by atoms with E-state index in [9.17, 15) is 14.7 Å². The van der Waals surface area contributed by atoms with Crippen LogP contribution >= 0.6 is 0 Å². The molecule has 1 fully saturated rings. The van der Waals surface area contributed by atoms with Crippen LogP contribution in [0.15, 0.2) is 72.3 Å². The Morgan fingerprint density at radius 2 is 1.59 bits per heavy atom. The fraction of sp³-hybridized carbons (Fsp3) is 0.290. The van der Waals surface area contributed by atoms with Crippen LogP contribution in [0.4, 0.5) is 11.4 Å².